The zero-order chi connectivity index (χ0) is 16.9. The van der Waals surface area contributed by atoms with Gasteiger partial charge in [-0.3, -0.25) is 9.89 Å². The molecular weight excluding hydrogens is 306 g/mol. The van der Waals surface area contributed by atoms with Gasteiger partial charge in [-0.2, -0.15) is 5.10 Å². The van der Waals surface area contributed by atoms with Gasteiger partial charge < -0.3 is 14.4 Å². The molecule has 1 aliphatic heterocycles. The Morgan fingerprint density at radius 3 is 2.92 bits per heavy atom. The molecule has 2 heterocycles. The zero-order valence-corrected chi connectivity index (χ0v) is 13.9. The number of para-hydroxylation sites is 2. The number of ether oxygens (including phenoxy) is 2. The highest BCUT2D eigenvalue weighted by Crippen LogP contribution is 2.26. The van der Waals surface area contributed by atoms with Crippen LogP contribution in [0.15, 0.2) is 42.5 Å². The Bertz CT molecular complexity index is 739. The van der Waals surface area contributed by atoms with Crippen molar-refractivity contribution in [2.45, 2.75) is 26.0 Å². The molecule has 0 bridgehead atoms. The molecule has 1 aromatic carbocycles. The van der Waals surface area contributed by atoms with Gasteiger partial charge in [-0.1, -0.05) is 31.2 Å². The van der Waals surface area contributed by atoms with Crippen LogP contribution in [0.4, 0.5) is 0 Å². The summed E-state index contributed by atoms with van der Waals surface area (Å²) in [6.07, 6.45) is 4.98. The summed E-state index contributed by atoms with van der Waals surface area (Å²) in [4.78, 5) is 14.4. The van der Waals surface area contributed by atoms with Gasteiger partial charge in [0.1, 0.15) is 6.61 Å². The van der Waals surface area contributed by atoms with Gasteiger partial charge in [0.25, 0.3) is 5.91 Å². The summed E-state index contributed by atoms with van der Waals surface area (Å²) < 4.78 is 11.0. The predicted molar refractivity (Wildman–Crippen MR) is 90.2 cm³/mol. The lowest BCUT2D eigenvalue weighted by molar-refractivity contribution is 0.0741. The first kappa shape index (κ1) is 16.1. The average molecular weight is 327 g/mol. The van der Waals surface area contributed by atoms with Gasteiger partial charge in [0.15, 0.2) is 17.2 Å². The molecule has 6 nitrogen and oxygen atoms in total. The van der Waals surface area contributed by atoms with Gasteiger partial charge in [0.05, 0.1) is 18.8 Å². The minimum atomic E-state index is -0.0633. The summed E-state index contributed by atoms with van der Waals surface area (Å²) in [6.45, 7) is 2.99. The van der Waals surface area contributed by atoms with Crippen molar-refractivity contribution < 1.29 is 14.3 Å². The van der Waals surface area contributed by atoms with E-state index in [0.717, 1.165) is 12.1 Å². The summed E-state index contributed by atoms with van der Waals surface area (Å²) in [6, 6.07) is 9.33. The highest BCUT2D eigenvalue weighted by atomic mass is 16.5. The number of rotatable bonds is 6. The Labute approximate surface area is 141 Å². The first-order chi connectivity index (χ1) is 11.7. The third-order valence-electron chi connectivity index (χ3n) is 4.04. The number of nitrogens with zero attached hydrogens (tertiary/aromatic N) is 2. The number of carbonyl (C=O) groups excluding carboxylic acids is 1. The Morgan fingerprint density at radius 1 is 1.38 bits per heavy atom. The summed E-state index contributed by atoms with van der Waals surface area (Å²) in [5.74, 6) is 1.26. The molecule has 0 spiro atoms. The number of aromatic amines is 1. The monoisotopic (exact) mass is 327 g/mol. The number of carbonyl (C=O) groups is 1. The van der Waals surface area contributed by atoms with Crippen molar-refractivity contribution in [2.75, 3.05) is 13.7 Å². The van der Waals surface area contributed by atoms with Crippen LogP contribution in [-0.4, -0.2) is 40.7 Å². The van der Waals surface area contributed by atoms with E-state index in [2.05, 4.69) is 23.2 Å². The van der Waals surface area contributed by atoms with Crippen molar-refractivity contribution in [3.05, 3.63) is 53.9 Å². The van der Waals surface area contributed by atoms with Crippen molar-refractivity contribution in [3.8, 4) is 11.5 Å². The Hall–Kier alpha value is -2.76. The first-order valence-electron chi connectivity index (χ1n) is 8.00. The Kier molecular flexibility index (Phi) is 4.84. The van der Waals surface area contributed by atoms with Gasteiger partial charge in [-0.15, -0.1) is 0 Å². The number of benzene rings is 1. The highest BCUT2D eigenvalue weighted by Gasteiger charge is 2.26. The van der Waals surface area contributed by atoms with Crippen molar-refractivity contribution in [1.82, 2.24) is 15.1 Å². The molecule has 1 N–H and O–H groups in total. The molecule has 0 saturated heterocycles. The largest absolute Gasteiger partial charge is 0.493 e. The maximum Gasteiger partial charge on any atom is 0.275 e. The van der Waals surface area contributed by atoms with Crippen LogP contribution in [-0.2, 0) is 6.61 Å². The van der Waals surface area contributed by atoms with Crippen LogP contribution in [0.25, 0.3) is 0 Å². The topological polar surface area (TPSA) is 67.5 Å². The fraction of sp³-hybridized carbons (Fsp3) is 0.333. The summed E-state index contributed by atoms with van der Waals surface area (Å²) >= 11 is 0. The van der Waals surface area contributed by atoms with Crippen LogP contribution in [0.5, 0.6) is 11.5 Å². The quantitative estimate of drug-likeness (QED) is 0.829. The number of hydrogen-bond acceptors (Lipinski definition) is 4. The minimum Gasteiger partial charge on any atom is -0.493 e. The lowest BCUT2D eigenvalue weighted by Gasteiger charge is -2.22. The molecule has 126 valence electrons. The molecule has 0 fully saturated rings. The summed E-state index contributed by atoms with van der Waals surface area (Å²) in [5.41, 5.74) is 1.15. The number of amides is 1. The predicted octanol–water partition coefficient (Wildman–Crippen LogP) is 2.79. The smallest absolute Gasteiger partial charge is 0.275 e. The van der Waals surface area contributed by atoms with E-state index in [-0.39, 0.29) is 18.6 Å². The molecule has 1 aromatic heterocycles. The zero-order valence-electron chi connectivity index (χ0n) is 13.9. The van der Waals surface area contributed by atoms with Gasteiger partial charge in [-0.05, 0) is 24.6 Å². The molecule has 0 aliphatic carbocycles. The molecule has 0 unspecified atom stereocenters. The summed E-state index contributed by atoms with van der Waals surface area (Å²) in [7, 11) is 1.60. The molecule has 3 rings (SSSR count). The fourth-order valence-corrected chi connectivity index (χ4v) is 2.75. The third-order valence-corrected chi connectivity index (χ3v) is 4.04. The van der Waals surface area contributed by atoms with Gasteiger partial charge in [0.2, 0.25) is 0 Å². The summed E-state index contributed by atoms with van der Waals surface area (Å²) in [5, 5.41) is 7.00. The number of aromatic nitrogens is 2. The SMILES string of the molecule is CC[C@H]1C=CCN1C(=O)c1cc(COc2ccccc2OC)[nH]n1. The van der Waals surface area contributed by atoms with E-state index in [4.69, 9.17) is 9.47 Å². The van der Waals surface area contributed by atoms with E-state index in [1.165, 1.54) is 0 Å². The molecule has 6 heteroatoms. The maximum atomic E-state index is 12.5. The van der Waals surface area contributed by atoms with Crippen LogP contribution < -0.4 is 9.47 Å². The molecule has 1 atom stereocenters. The lowest BCUT2D eigenvalue weighted by atomic mass is 10.2. The van der Waals surface area contributed by atoms with Gasteiger partial charge in [-0.25, -0.2) is 0 Å². The van der Waals surface area contributed by atoms with E-state index in [9.17, 15) is 4.79 Å². The van der Waals surface area contributed by atoms with Crippen LogP contribution in [0.1, 0.15) is 29.5 Å². The Balaban J connectivity index is 1.64. The second-order valence-corrected chi connectivity index (χ2v) is 5.58. The van der Waals surface area contributed by atoms with Crippen molar-refractivity contribution in [3.63, 3.8) is 0 Å². The normalized spacial score (nSPS) is 16.4. The van der Waals surface area contributed by atoms with Crippen molar-refractivity contribution in [2.24, 2.45) is 0 Å². The van der Waals surface area contributed by atoms with E-state index in [1.54, 1.807) is 13.2 Å². The maximum absolute atomic E-state index is 12.5. The number of methoxy groups -OCH3 is 1. The minimum absolute atomic E-state index is 0.0633. The fourth-order valence-electron chi connectivity index (χ4n) is 2.75. The van der Waals surface area contributed by atoms with Crippen LogP contribution in [0, 0.1) is 0 Å². The van der Waals surface area contributed by atoms with Crippen molar-refractivity contribution in [1.29, 1.82) is 0 Å². The molecular formula is C18H21N3O3. The standard InChI is InChI=1S/C18H21N3O3/c1-3-14-7-6-10-21(14)18(22)15-11-13(19-20-15)12-24-17-9-5-4-8-16(17)23-2/h4-9,11,14H,3,10,12H2,1-2H3,(H,19,20)/t14-/m0/s1. The van der Waals surface area contributed by atoms with Crippen LogP contribution in [0.2, 0.25) is 0 Å². The van der Waals surface area contributed by atoms with Crippen LogP contribution >= 0.6 is 0 Å². The highest BCUT2D eigenvalue weighted by molar-refractivity contribution is 5.93. The lowest BCUT2D eigenvalue weighted by Crippen LogP contribution is -2.35. The molecule has 2 aromatic rings. The number of hydrogen-bond donors (Lipinski definition) is 1. The van der Waals surface area contributed by atoms with E-state index < -0.39 is 0 Å². The molecule has 24 heavy (non-hydrogen) atoms. The Morgan fingerprint density at radius 2 is 2.17 bits per heavy atom. The number of H-pyrrole nitrogens is 1. The molecule has 0 saturated carbocycles. The third kappa shape index (κ3) is 3.27. The number of nitrogens with one attached hydrogen (secondary N) is 1. The average Bonchev–Trinajstić information content (AvgIpc) is 3.28. The second-order valence-electron chi connectivity index (χ2n) is 5.58. The van der Waals surface area contributed by atoms with E-state index in [0.29, 0.717) is 23.7 Å². The van der Waals surface area contributed by atoms with E-state index >= 15 is 0 Å². The second kappa shape index (κ2) is 7.21. The molecule has 1 aliphatic rings. The van der Waals surface area contributed by atoms with Crippen LogP contribution in [0.3, 0.4) is 0 Å². The first-order valence-corrected chi connectivity index (χ1v) is 8.00. The van der Waals surface area contributed by atoms with Crippen molar-refractivity contribution >= 4 is 5.91 Å². The van der Waals surface area contributed by atoms with E-state index in [1.807, 2.05) is 35.2 Å². The molecule has 0 radical (unpaired) electrons. The molecule has 1 amide bonds. The van der Waals surface area contributed by atoms with Gasteiger partial charge >= 0.3 is 0 Å². The van der Waals surface area contributed by atoms with Gasteiger partial charge in [0, 0.05) is 6.54 Å².